The van der Waals surface area contributed by atoms with E-state index in [-0.39, 0.29) is 0 Å². The van der Waals surface area contributed by atoms with Crippen LogP contribution in [0.3, 0.4) is 0 Å². The van der Waals surface area contributed by atoms with Crippen molar-refractivity contribution in [2.45, 2.75) is 33.2 Å². The quantitative estimate of drug-likeness (QED) is 0.892. The van der Waals surface area contributed by atoms with Gasteiger partial charge in [0.05, 0.1) is 16.3 Å². The van der Waals surface area contributed by atoms with E-state index in [1.807, 2.05) is 12.3 Å². The Labute approximate surface area is 109 Å². The maximum atomic E-state index is 5.92. The molecule has 0 amide bonds. The molecule has 0 aliphatic heterocycles. The molecule has 0 aromatic carbocycles. The van der Waals surface area contributed by atoms with Gasteiger partial charge in [-0.15, -0.1) is 11.3 Å². The molecule has 0 aliphatic carbocycles. The Morgan fingerprint density at radius 2 is 2.29 bits per heavy atom. The second-order valence-corrected chi connectivity index (χ2v) is 5.81. The maximum Gasteiger partial charge on any atom is 0.148 e. The van der Waals surface area contributed by atoms with Crippen molar-refractivity contribution < 1.29 is 0 Å². The van der Waals surface area contributed by atoms with Gasteiger partial charge in [-0.05, 0) is 31.8 Å². The van der Waals surface area contributed by atoms with E-state index in [0.29, 0.717) is 11.9 Å². The number of hydrogen-bond acceptors (Lipinski definition) is 6. The van der Waals surface area contributed by atoms with Gasteiger partial charge in [0.15, 0.2) is 0 Å². The molecule has 0 saturated carbocycles. The van der Waals surface area contributed by atoms with Gasteiger partial charge >= 0.3 is 0 Å². The molecule has 0 bridgehead atoms. The lowest BCUT2D eigenvalue weighted by molar-refractivity contribution is 0.767. The largest absolute Gasteiger partial charge is 0.382 e. The van der Waals surface area contributed by atoms with Crippen molar-refractivity contribution >= 4 is 33.7 Å². The van der Waals surface area contributed by atoms with E-state index in [4.69, 9.17) is 5.73 Å². The summed E-state index contributed by atoms with van der Waals surface area (Å²) in [5.74, 6) is 0.561. The average Bonchev–Trinajstić information content (AvgIpc) is 2.85. The number of aromatic nitrogens is 2. The highest BCUT2D eigenvalue weighted by Crippen LogP contribution is 2.37. The Bertz CT molecular complexity index is 503. The third-order valence-electron chi connectivity index (χ3n) is 2.58. The van der Waals surface area contributed by atoms with Gasteiger partial charge in [-0.2, -0.15) is 4.37 Å². The van der Waals surface area contributed by atoms with Gasteiger partial charge in [0.25, 0.3) is 0 Å². The van der Waals surface area contributed by atoms with E-state index >= 15 is 0 Å². The SMILES string of the molecule is CCC(C)Nc1snc(N)c1-c1csc(C)n1. The second kappa shape index (κ2) is 5.01. The summed E-state index contributed by atoms with van der Waals surface area (Å²) in [5, 5.41) is 7.51. The van der Waals surface area contributed by atoms with Crippen molar-refractivity contribution in [2.24, 2.45) is 0 Å². The first-order valence-corrected chi connectivity index (χ1v) is 7.21. The normalized spacial score (nSPS) is 12.6. The van der Waals surface area contributed by atoms with Gasteiger partial charge in [0, 0.05) is 11.4 Å². The molecule has 17 heavy (non-hydrogen) atoms. The van der Waals surface area contributed by atoms with Gasteiger partial charge in [-0.25, -0.2) is 4.98 Å². The van der Waals surface area contributed by atoms with Crippen LogP contribution in [0.1, 0.15) is 25.3 Å². The van der Waals surface area contributed by atoms with Crippen molar-refractivity contribution in [1.82, 2.24) is 9.36 Å². The summed E-state index contributed by atoms with van der Waals surface area (Å²) in [5.41, 5.74) is 7.79. The molecule has 1 atom stereocenters. The van der Waals surface area contributed by atoms with Crippen molar-refractivity contribution in [3.8, 4) is 11.3 Å². The molecular formula is C11H16N4S2. The highest BCUT2D eigenvalue weighted by molar-refractivity contribution is 7.11. The number of nitrogens with one attached hydrogen (secondary N) is 1. The molecule has 4 nitrogen and oxygen atoms in total. The smallest absolute Gasteiger partial charge is 0.148 e. The summed E-state index contributed by atoms with van der Waals surface area (Å²) in [7, 11) is 0. The molecule has 3 N–H and O–H groups in total. The van der Waals surface area contributed by atoms with Crippen LogP contribution in [0.2, 0.25) is 0 Å². The molecule has 92 valence electrons. The van der Waals surface area contributed by atoms with Gasteiger partial charge < -0.3 is 11.1 Å². The third-order valence-corrected chi connectivity index (χ3v) is 4.15. The molecule has 2 rings (SSSR count). The Morgan fingerprint density at radius 1 is 1.53 bits per heavy atom. The third kappa shape index (κ3) is 2.58. The van der Waals surface area contributed by atoms with Crippen LogP contribution in [0.25, 0.3) is 11.3 Å². The zero-order valence-corrected chi connectivity index (χ0v) is 11.8. The number of hydrogen-bond donors (Lipinski definition) is 2. The van der Waals surface area contributed by atoms with Crippen LogP contribution in [-0.4, -0.2) is 15.4 Å². The van der Waals surface area contributed by atoms with E-state index in [1.165, 1.54) is 11.5 Å². The minimum absolute atomic E-state index is 0.410. The fourth-order valence-electron chi connectivity index (χ4n) is 1.45. The lowest BCUT2D eigenvalue weighted by Gasteiger charge is -2.11. The van der Waals surface area contributed by atoms with Crippen LogP contribution in [0.5, 0.6) is 0 Å². The predicted octanol–water partition coefficient (Wildman–Crippen LogP) is 3.37. The lowest BCUT2D eigenvalue weighted by atomic mass is 10.2. The summed E-state index contributed by atoms with van der Waals surface area (Å²) in [6.45, 7) is 6.28. The van der Waals surface area contributed by atoms with Crippen LogP contribution in [0, 0.1) is 6.92 Å². The number of nitrogens with zero attached hydrogens (tertiary/aromatic N) is 2. The van der Waals surface area contributed by atoms with Gasteiger partial charge in [-0.1, -0.05) is 6.92 Å². The summed E-state index contributed by atoms with van der Waals surface area (Å²) >= 11 is 3.03. The molecule has 6 heteroatoms. The topological polar surface area (TPSA) is 63.8 Å². The molecule has 1 unspecified atom stereocenters. The minimum Gasteiger partial charge on any atom is -0.382 e. The molecule has 0 aliphatic rings. The number of thiazole rings is 1. The monoisotopic (exact) mass is 268 g/mol. The highest BCUT2D eigenvalue weighted by atomic mass is 32.1. The minimum atomic E-state index is 0.410. The van der Waals surface area contributed by atoms with E-state index in [0.717, 1.165) is 27.7 Å². The van der Waals surface area contributed by atoms with Crippen LogP contribution < -0.4 is 11.1 Å². The number of nitrogens with two attached hydrogens (primary N) is 1. The van der Waals surface area contributed by atoms with Gasteiger partial charge in [-0.3, -0.25) is 0 Å². The molecule has 0 spiro atoms. The van der Waals surface area contributed by atoms with Crippen LogP contribution in [-0.2, 0) is 0 Å². The summed E-state index contributed by atoms with van der Waals surface area (Å²) in [6, 6.07) is 0.410. The molecule has 0 saturated heterocycles. The fraction of sp³-hybridized carbons (Fsp3) is 0.455. The Balaban J connectivity index is 2.36. The number of aryl methyl sites for hydroxylation is 1. The van der Waals surface area contributed by atoms with Crippen LogP contribution in [0.15, 0.2) is 5.38 Å². The van der Waals surface area contributed by atoms with Gasteiger partial charge in [0.1, 0.15) is 10.8 Å². The van der Waals surface area contributed by atoms with E-state index in [2.05, 4.69) is 28.5 Å². The van der Waals surface area contributed by atoms with Gasteiger partial charge in [0.2, 0.25) is 0 Å². The molecule has 0 radical (unpaired) electrons. The Morgan fingerprint density at radius 3 is 2.88 bits per heavy atom. The molecule has 2 heterocycles. The van der Waals surface area contributed by atoms with Crippen molar-refractivity contribution in [3.63, 3.8) is 0 Å². The van der Waals surface area contributed by atoms with Crippen molar-refractivity contribution in [2.75, 3.05) is 11.1 Å². The Kier molecular flexibility index (Phi) is 3.63. The number of anilines is 2. The number of nitrogen functional groups attached to an aromatic ring is 1. The highest BCUT2D eigenvalue weighted by Gasteiger charge is 2.17. The van der Waals surface area contributed by atoms with Crippen molar-refractivity contribution in [3.05, 3.63) is 10.4 Å². The van der Waals surface area contributed by atoms with E-state index in [9.17, 15) is 0 Å². The molecule has 2 aromatic rings. The fourth-order valence-corrected chi connectivity index (χ4v) is 2.89. The zero-order chi connectivity index (χ0) is 12.4. The molecular weight excluding hydrogens is 252 g/mol. The average molecular weight is 268 g/mol. The van der Waals surface area contributed by atoms with Crippen LogP contribution in [0.4, 0.5) is 10.8 Å². The summed E-state index contributed by atoms with van der Waals surface area (Å²) in [6.07, 6.45) is 1.06. The zero-order valence-electron chi connectivity index (χ0n) is 10.2. The maximum absolute atomic E-state index is 5.92. The number of rotatable bonds is 4. The lowest BCUT2D eigenvalue weighted by Crippen LogP contribution is -2.12. The second-order valence-electron chi connectivity index (χ2n) is 3.98. The van der Waals surface area contributed by atoms with Crippen LogP contribution >= 0.6 is 22.9 Å². The Hall–Kier alpha value is -1.14. The van der Waals surface area contributed by atoms with Crippen molar-refractivity contribution in [1.29, 1.82) is 0 Å². The first-order valence-electron chi connectivity index (χ1n) is 5.56. The molecule has 2 aromatic heterocycles. The van der Waals surface area contributed by atoms with E-state index < -0.39 is 0 Å². The first kappa shape index (κ1) is 12.3. The standard InChI is InChI=1S/C11H16N4S2/c1-4-6(2)13-11-9(10(12)15-17-11)8-5-16-7(3)14-8/h5-6,13H,4H2,1-3H3,(H2,12,15). The summed E-state index contributed by atoms with van der Waals surface area (Å²) < 4.78 is 4.21. The summed E-state index contributed by atoms with van der Waals surface area (Å²) in [4.78, 5) is 4.47. The predicted molar refractivity (Wildman–Crippen MR) is 75.7 cm³/mol. The molecule has 0 fully saturated rings. The van der Waals surface area contributed by atoms with E-state index in [1.54, 1.807) is 11.3 Å². The first-order chi connectivity index (χ1) is 8.11.